The first kappa shape index (κ1) is 34.1. The predicted octanol–water partition coefficient (Wildman–Crippen LogP) is 6.02. The molecule has 250 valence electrons. The molecular weight excluding hydrogens is 651 g/mol. The molecule has 1 aromatic heterocycles. The van der Waals surface area contributed by atoms with E-state index < -0.39 is 34.5 Å². The SMILES string of the molecule is O=C(O)CCc1cn(Cc2cccc(C(=O)Nc3ccc(N4CCCCC4)cc3C(=O)N/N=C/c3ccc(Cl)c(C(F)(F)F)c3)c2)nn1. The summed E-state index contributed by atoms with van der Waals surface area (Å²) in [6.07, 6.45) is 1.35. The van der Waals surface area contributed by atoms with Gasteiger partial charge in [0.25, 0.3) is 11.8 Å². The van der Waals surface area contributed by atoms with Gasteiger partial charge in [-0.25, -0.2) is 10.1 Å². The van der Waals surface area contributed by atoms with Crippen LogP contribution in [0.5, 0.6) is 0 Å². The molecule has 2 heterocycles. The zero-order valence-electron chi connectivity index (χ0n) is 25.5. The summed E-state index contributed by atoms with van der Waals surface area (Å²) in [5.74, 6) is -2.09. The minimum Gasteiger partial charge on any atom is -0.481 e. The molecule has 11 nitrogen and oxygen atoms in total. The lowest BCUT2D eigenvalue weighted by Gasteiger charge is -2.29. The van der Waals surface area contributed by atoms with Crippen molar-refractivity contribution in [1.29, 1.82) is 0 Å². The number of hydrogen-bond donors (Lipinski definition) is 3. The first-order valence-corrected chi connectivity index (χ1v) is 15.4. The van der Waals surface area contributed by atoms with E-state index in [1.807, 2.05) is 6.07 Å². The molecule has 2 amide bonds. The fourth-order valence-corrected chi connectivity index (χ4v) is 5.43. The van der Waals surface area contributed by atoms with Crippen LogP contribution in [0.2, 0.25) is 5.02 Å². The molecule has 0 spiro atoms. The van der Waals surface area contributed by atoms with Gasteiger partial charge in [0.15, 0.2) is 0 Å². The summed E-state index contributed by atoms with van der Waals surface area (Å²) < 4.78 is 41.4. The molecule has 5 rings (SSSR count). The molecule has 4 aromatic rings. The number of anilines is 2. The number of halogens is 4. The molecule has 0 aliphatic carbocycles. The molecule has 3 aromatic carbocycles. The lowest BCUT2D eigenvalue weighted by molar-refractivity contribution is -0.138. The van der Waals surface area contributed by atoms with Crippen molar-refractivity contribution in [3.63, 3.8) is 0 Å². The van der Waals surface area contributed by atoms with Gasteiger partial charge in [-0.15, -0.1) is 5.10 Å². The highest BCUT2D eigenvalue weighted by atomic mass is 35.5. The van der Waals surface area contributed by atoms with Crippen LogP contribution in [0.3, 0.4) is 0 Å². The smallest absolute Gasteiger partial charge is 0.417 e. The third-order valence-electron chi connectivity index (χ3n) is 7.61. The van der Waals surface area contributed by atoms with E-state index in [-0.39, 0.29) is 36.2 Å². The predicted molar refractivity (Wildman–Crippen MR) is 173 cm³/mol. The Morgan fingerprint density at radius 3 is 2.54 bits per heavy atom. The molecule has 0 saturated carbocycles. The topological polar surface area (TPSA) is 142 Å². The Hall–Kier alpha value is -5.24. The van der Waals surface area contributed by atoms with Crippen molar-refractivity contribution >= 4 is 47.0 Å². The van der Waals surface area contributed by atoms with Crippen molar-refractivity contribution in [3.8, 4) is 0 Å². The Labute approximate surface area is 278 Å². The second kappa shape index (κ2) is 15.1. The molecular formula is C33H31ClF3N7O4. The standard InChI is InChI=1S/C33H31ClF3N7O4/c34-28-10-7-21(16-27(28)33(35,36)37)18-38-41-32(48)26-17-25(43-13-2-1-3-14-43)9-11-29(26)39-31(47)23-6-4-5-22(15-23)19-44-20-24(40-42-44)8-12-30(45)46/h4-7,9-11,15-18,20H,1-3,8,12-14,19H2,(H,39,47)(H,41,48)(H,45,46)/b38-18+. The van der Waals surface area contributed by atoms with Crippen LogP contribution < -0.4 is 15.6 Å². The minimum absolute atomic E-state index is 0.0646. The Balaban J connectivity index is 1.33. The van der Waals surface area contributed by atoms with Crippen LogP contribution in [0.15, 0.2) is 72.0 Å². The van der Waals surface area contributed by atoms with Gasteiger partial charge in [0.05, 0.1) is 46.7 Å². The van der Waals surface area contributed by atoms with Crippen molar-refractivity contribution in [2.24, 2.45) is 5.10 Å². The summed E-state index contributed by atoms with van der Waals surface area (Å²) in [7, 11) is 0. The number of alkyl halides is 3. The molecule has 15 heteroatoms. The molecule has 0 bridgehead atoms. The molecule has 1 saturated heterocycles. The third kappa shape index (κ3) is 8.97. The summed E-state index contributed by atoms with van der Waals surface area (Å²) in [4.78, 5) is 39.8. The van der Waals surface area contributed by atoms with E-state index in [2.05, 4.69) is 31.1 Å². The van der Waals surface area contributed by atoms with E-state index in [1.165, 1.54) is 6.07 Å². The number of carbonyl (C=O) groups excluding carboxylic acids is 2. The Kier molecular flexibility index (Phi) is 10.7. The van der Waals surface area contributed by atoms with Crippen LogP contribution in [-0.4, -0.2) is 57.2 Å². The number of hydrazone groups is 1. The summed E-state index contributed by atoms with van der Waals surface area (Å²) in [5.41, 5.74) is 4.10. The van der Waals surface area contributed by atoms with E-state index in [9.17, 15) is 27.6 Å². The first-order chi connectivity index (χ1) is 23.0. The van der Waals surface area contributed by atoms with E-state index in [0.717, 1.165) is 62.0 Å². The molecule has 3 N–H and O–H groups in total. The Morgan fingerprint density at radius 1 is 1.00 bits per heavy atom. The van der Waals surface area contributed by atoms with Crippen LogP contribution in [0.4, 0.5) is 24.5 Å². The zero-order chi connectivity index (χ0) is 34.3. The van der Waals surface area contributed by atoms with Crippen molar-refractivity contribution in [2.45, 2.75) is 44.8 Å². The Bertz CT molecular complexity index is 1840. The maximum Gasteiger partial charge on any atom is 0.417 e. The number of amides is 2. The van der Waals surface area contributed by atoms with Crippen LogP contribution in [0.25, 0.3) is 0 Å². The van der Waals surface area contributed by atoms with Gasteiger partial charge in [0.1, 0.15) is 0 Å². The van der Waals surface area contributed by atoms with E-state index in [1.54, 1.807) is 47.3 Å². The van der Waals surface area contributed by atoms with E-state index in [4.69, 9.17) is 16.7 Å². The second-order valence-corrected chi connectivity index (χ2v) is 11.6. The second-order valence-electron chi connectivity index (χ2n) is 11.2. The van der Waals surface area contributed by atoms with Gasteiger partial charge in [-0.2, -0.15) is 18.3 Å². The number of carboxylic acids is 1. The van der Waals surface area contributed by atoms with Crippen LogP contribution >= 0.6 is 11.6 Å². The fraction of sp³-hybridized carbons (Fsp3) is 0.273. The number of aryl methyl sites for hydroxylation is 1. The molecule has 0 atom stereocenters. The van der Waals surface area contributed by atoms with Gasteiger partial charge < -0.3 is 15.3 Å². The molecule has 48 heavy (non-hydrogen) atoms. The monoisotopic (exact) mass is 681 g/mol. The maximum absolute atomic E-state index is 13.4. The van der Waals surface area contributed by atoms with Gasteiger partial charge in [0.2, 0.25) is 0 Å². The molecule has 0 unspecified atom stereocenters. The number of carbonyl (C=O) groups is 3. The average Bonchev–Trinajstić information content (AvgIpc) is 3.51. The number of carboxylic acid groups (broad SMARTS) is 1. The Morgan fingerprint density at radius 2 is 1.79 bits per heavy atom. The first-order valence-electron chi connectivity index (χ1n) is 15.1. The fourth-order valence-electron chi connectivity index (χ4n) is 5.20. The largest absolute Gasteiger partial charge is 0.481 e. The molecule has 1 aliphatic rings. The number of benzene rings is 3. The van der Waals surface area contributed by atoms with Gasteiger partial charge in [0, 0.05) is 37.0 Å². The lowest BCUT2D eigenvalue weighted by atomic mass is 10.1. The number of piperidine rings is 1. The van der Waals surface area contributed by atoms with Crippen LogP contribution in [-0.2, 0) is 23.9 Å². The summed E-state index contributed by atoms with van der Waals surface area (Å²) >= 11 is 5.70. The molecule has 1 fully saturated rings. The highest BCUT2D eigenvalue weighted by Crippen LogP contribution is 2.35. The van der Waals surface area contributed by atoms with Gasteiger partial charge >= 0.3 is 12.1 Å². The van der Waals surface area contributed by atoms with Crippen LogP contribution in [0, 0.1) is 0 Å². The number of nitrogens with one attached hydrogen (secondary N) is 2. The molecule has 1 aliphatic heterocycles. The summed E-state index contributed by atoms with van der Waals surface area (Å²) in [6, 6.07) is 15.2. The average molecular weight is 682 g/mol. The van der Waals surface area contributed by atoms with E-state index >= 15 is 0 Å². The van der Waals surface area contributed by atoms with Gasteiger partial charge in [-0.05, 0) is 72.9 Å². The maximum atomic E-state index is 13.4. The highest BCUT2D eigenvalue weighted by Gasteiger charge is 2.33. The van der Waals surface area contributed by atoms with Gasteiger partial charge in [-0.1, -0.05) is 35.0 Å². The third-order valence-corrected chi connectivity index (χ3v) is 7.94. The number of hydrogen-bond acceptors (Lipinski definition) is 7. The highest BCUT2D eigenvalue weighted by molar-refractivity contribution is 6.31. The van der Waals surface area contributed by atoms with E-state index in [0.29, 0.717) is 11.3 Å². The summed E-state index contributed by atoms with van der Waals surface area (Å²) in [5, 5.41) is 23.1. The van der Waals surface area contributed by atoms with Gasteiger partial charge in [-0.3, -0.25) is 14.4 Å². The van der Waals surface area contributed by atoms with Crippen molar-refractivity contribution in [2.75, 3.05) is 23.3 Å². The quantitative estimate of drug-likeness (QED) is 0.130. The van der Waals surface area contributed by atoms with Crippen molar-refractivity contribution in [3.05, 3.63) is 105 Å². The number of nitrogens with zero attached hydrogens (tertiary/aromatic N) is 5. The van der Waals surface area contributed by atoms with Crippen molar-refractivity contribution < 1.29 is 32.7 Å². The lowest BCUT2D eigenvalue weighted by Crippen LogP contribution is -2.30. The zero-order valence-corrected chi connectivity index (χ0v) is 26.3. The summed E-state index contributed by atoms with van der Waals surface area (Å²) in [6.45, 7) is 1.90. The number of rotatable bonds is 11. The minimum atomic E-state index is -4.66. The van der Waals surface area contributed by atoms with Crippen LogP contribution in [0.1, 0.15) is 68.8 Å². The normalized spacial score (nSPS) is 13.5. The number of aliphatic carboxylic acids is 1. The number of aromatic nitrogens is 3. The molecule has 0 radical (unpaired) electrons. The van der Waals surface area contributed by atoms with Crippen molar-refractivity contribution in [1.82, 2.24) is 20.4 Å².